The first-order valence-electron chi connectivity index (χ1n) is 4.96. The quantitative estimate of drug-likeness (QED) is 0.666. The molecule has 2 nitrogen and oxygen atoms in total. The van der Waals surface area contributed by atoms with Gasteiger partial charge in [0, 0.05) is 6.42 Å². The molecule has 1 N–H and O–H groups in total. The molecule has 2 unspecified atom stereocenters. The van der Waals surface area contributed by atoms with Crippen LogP contribution in [0.2, 0.25) is 0 Å². The molecular formula is C11H20O2. The highest BCUT2D eigenvalue weighted by atomic mass is 16.5. The lowest BCUT2D eigenvalue weighted by molar-refractivity contribution is -0.00483. The Morgan fingerprint density at radius 2 is 2.23 bits per heavy atom. The van der Waals surface area contributed by atoms with E-state index in [1.807, 2.05) is 20.8 Å². The molecular weight excluding hydrogens is 164 g/mol. The third-order valence-corrected chi connectivity index (χ3v) is 2.42. The fourth-order valence-corrected chi connectivity index (χ4v) is 1.31. The van der Waals surface area contributed by atoms with Crippen molar-refractivity contribution in [1.82, 2.24) is 0 Å². The third-order valence-electron chi connectivity index (χ3n) is 2.42. The van der Waals surface area contributed by atoms with Crippen molar-refractivity contribution in [2.45, 2.75) is 45.8 Å². The van der Waals surface area contributed by atoms with Crippen molar-refractivity contribution in [3.8, 4) is 0 Å². The van der Waals surface area contributed by atoms with Crippen molar-refractivity contribution in [3.05, 3.63) is 12.2 Å². The van der Waals surface area contributed by atoms with Gasteiger partial charge in [0.15, 0.2) is 0 Å². The van der Waals surface area contributed by atoms with Crippen LogP contribution in [0.15, 0.2) is 12.2 Å². The average molecular weight is 184 g/mol. The molecule has 1 rings (SSSR count). The summed E-state index contributed by atoms with van der Waals surface area (Å²) in [5.41, 5.74) is -0.0470. The van der Waals surface area contributed by atoms with Gasteiger partial charge >= 0.3 is 0 Å². The van der Waals surface area contributed by atoms with Gasteiger partial charge in [0.2, 0.25) is 0 Å². The molecule has 0 saturated carbocycles. The number of aliphatic hydroxyl groups excluding tert-OH is 1. The summed E-state index contributed by atoms with van der Waals surface area (Å²) in [4.78, 5) is 0. The van der Waals surface area contributed by atoms with Crippen molar-refractivity contribution in [2.75, 3.05) is 6.61 Å². The Kier molecular flexibility index (Phi) is 3.51. The summed E-state index contributed by atoms with van der Waals surface area (Å²) < 4.78 is 5.50. The zero-order valence-electron chi connectivity index (χ0n) is 8.79. The summed E-state index contributed by atoms with van der Waals surface area (Å²) in [5.74, 6) is 0. The summed E-state index contributed by atoms with van der Waals surface area (Å²) in [6.45, 7) is 6.93. The maximum atomic E-state index is 9.82. The van der Waals surface area contributed by atoms with Crippen molar-refractivity contribution in [2.24, 2.45) is 5.41 Å². The largest absolute Gasteiger partial charge is 0.392 e. The molecule has 0 amide bonds. The maximum absolute atomic E-state index is 9.82. The number of rotatable bonds is 2. The summed E-state index contributed by atoms with van der Waals surface area (Å²) in [6.07, 6.45) is 5.72. The first kappa shape index (κ1) is 10.7. The molecule has 1 aliphatic rings. The maximum Gasteiger partial charge on any atom is 0.0780 e. The van der Waals surface area contributed by atoms with Crippen LogP contribution < -0.4 is 0 Å². The fourth-order valence-electron chi connectivity index (χ4n) is 1.31. The SMILES string of the molecule is CC(C)(C)C(O)CC1C=CCCO1. The van der Waals surface area contributed by atoms with Gasteiger partial charge < -0.3 is 9.84 Å². The van der Waals surface area contributed by atoms with Crippen molar-refractivity contribution >= 4 is 0 Å². The van der Waals surface area contributed by atoms with Gasteiger partial charge in [-0.25, -0.2) is 0 Å². The molecule has 2 atom stereocenters. The highest BCUT2D eigenvalue weighted by Gasteiger charge is 2.25. The molecule has 0 aromatic heterocycles. The van der Waals surface area contributed by atoms with E-state index in [9.17, 15) is 5.11 Å². The number of hydrogen-bond donors (Lipinski definition) is 1. The van der Waals surface area contributed by atoms with Gasteiger partial charge in [0.1, 0.15) is 0 Å². The van der Waals surface area contributed by atoms with Crippen molar-refractivity contribution in [1.29, 1.82) is 0 Å². The summed E-state index contributed by atoms with van der Waals surface area (Å²) in [7, 11) is 0. The lowest BCUT2D eigenvalue weighted by Gasteiger charge is -2.29. The van der Waals surface area contributed by atoms with Crippen molar-refractivity contribution < 1.29 is 9.84 Å². The Balaban J connectivity index is 2.39. The minimum Gasteiger partial charge on any atom is -0.392 e. The minimum atomic E-state index is -0.291. The van der Waals surface area contributed by atoms with E-state index in [4.69, 9.17) is 4.74 Å². The van der Waals surface area contributed by atoms with Crippen LogP contribution in [0.5, 0.6) is 0 Å². The monoisotopic (exact) mass is 184 g/mol. The number of ether oxygens (including phenoxy) is 1. The third kappa shape index (κ3) is 3.49. The molecule has 0 aliphatic carbocycles. The Labute approximate surface area is 80.6 Å². The van der Waals surface area contributed by atoms with Crippen LogP contribution in [-0.2, 0) is 4.74 Å². The van der Waals surface area contributed by atoms with Gasteiger partial charge in [-0.1, -0.05) is 32.9 Å². The lowest BCUT2D eigenvalue weighted by Crippen LogP contribution is -2.31. The predicted molar refractivity (Wildman–Crippen MR) is 53.6 cm³/mol. The number of aliphatic hydroxyl groups is 1. The molecule has 0 bridgehead atoms. The molecule has 0 radical (unpaired) electrons. The Bertz CT molecular complexity index is 179. The van der Waals surface area contributed by atoms with E-state index in [-0.39, 0.29) is 17.6 Å². The van der Waals surface area contributed by atoms with E-state index >= 15 is 0 Å². The second-order valence-electron chi connectivity index (χ2n) is 4.74. The van der Waals surface area contributed by atoms with Crippen LogP contribution in [0.3, 0.4) is 0 Å². The smallest absolute Gasteiger partial charge is 0.0780 e. The first-order valence-corrected chi connectivity index (χ1v) is 4.96. The molecule has 13 heavy (non-hydrogen) atoms. The summed E-state index contributed by atoms with van der Waals surface area (Å²) in [5, 5.41) is 9.82. The highest BCUT2D eigenvalue weighted by molar-refractivity contribution is 4.95. The predicted octanol–water partition coefficient (Wildman–Crippen LogP) is 2.13. The second kappa shape index (κ2) is 4.25. The van der Waals surface area contributed by atoms with Gasteiger partial charge in [-0.2, -0.15) is 0 Å². The van der Waals surface area contributed by atoms with Crippen LogP contribution in [0.4, 0.5) is 0 Å². The Morgan fingerprint density at radius 1 is 1.54 bits per heavy atom. The molecule has 1 aliphatic heterocycles. The standard InChI is InChI=1S/C11H20O2/c1-11(2,3)10(12)8-9-6-4-5-7-13-9/h4,6,9-10,12H,5,7-8H2,1-3H3. The fraction of sp³-hybridized carbons (Fsp3) is 0.818. The first-order chi connectivity index (χ1) is 6.00. The second-order valence-corrected chi connectivity index (χ2v) is 4.74. The Morgan fingerprint density at radius 3 is 2.69 bits per heavy atom. The lowest BCUT2D eigenvalue weighted by atomic mass is 9.85. The molecule has 76 valence electrons. The number of hydrogen-bond acceptors (Lipinski definition) is 2. The van der Waals surface area contributed by atoms with E-state index in [1.165, 1.54) is 0 Å². The summed E-state index contributed by atoms with van der Waals surface area (Å²) in [6, 6.07) is 0. The Hall–Kier alpha value is -0.340. The van der Waals surface area contributed by atoms with Gasteiger partial charge in [-0.3, -0.25) is 0 Å². The van der Waals surface area contributed by atoms with E-state index < -0.39 is 0 Å². The molecule has 1 heterocycles. The van der Waals surface area contributed by atoms with Crippen LogP contribution in [0.25, 0.3) is 0 Å². The van der Waals surface area contributed by atoms with Crippen LogP contribution in [0, 0.1) is 5.41 Å². The highest BCUT2D eigenvalue weighted by Crippen LogP contribution is 2.24. The van der Waals surface area contributed by atoms with Crippen LogP contribution in [-0.4, -0.2) is 23.9 Å². The summed E-state index contributed by atoms with van der Waals surface area (Å²) >= 11 is 0. The topological polar surface area (TPSA) is 29.5 Å². The van der Waals surface area contributed by atoms with Gasteiger partial charge in [0.05, 0.1) is 18.8 Å². The average Bonchev–Trinajstić information content (AvgIpc) is 2.04. The van der Waals surface area contributed by atoms with Gasteiger partial charge in [0.25, 0.3) is 0 Å². The molecule has 0 aromatic carbocycles. The molecule has 0 aromatic rings. The molecule has 2 heteroatoms. The van der Waals surface area contributed by atoms with E-state index in [0.717, 1.165) is 13.0 Å². The van der Waals surface area contributed by atoms with E-state index in [2.05, 4.69) is 12.2 Å². The molecule has 0 saturated heterocycles. The molecule has 0 fully saturated rings. The zero-order chi connectivity index (χ0) is 9.90. The van der Waals surface area contributed by atoms with E-state index in [0.29, 0.717) is 6.42 Å². The van der Waals surface area contributed by atoms with Crippen LogP contribution in [0.1, 0.15) is 33.6 Å². The van der Waals surface area contributed by atoms with E-state index in [1.54, 1.807) is 0 Å². The zero-order valence-corrected chi connectivity index (χ0v) is 8.79. The normalized spacial score (nSPS) is 26.0. The molecule has 0 spiro atoms. The van der Waals surface area contributed by atoms with Gasteiger partial charge in [-0.15, -0.1) is 0 Å². The van der Waals surface area contributed by atoms with Crippen molar-refractivity contribution in [3.63, 3.8) is 0 Å². The van der Waals surface area contributed by atoms with Gasteiger partial charge in [-0.05, 0) is 11.8 Å². The van der Waals surface area contributed by atoms with Crippen LogP contribution >= 0.6 is 0 Å². The minimum absolute atomic E-state index is 0.0470.